The van der Waals surface area contributed by atoms with E-state index in [1.54, 1.807) is 13.0 Å². The second-order valence-corrected chi connectivity index (χ2v) is 4.77. The Hall–Kier alpha value is -2.60. The minimum absolute atomic E-state index is 0.0358. The van der Waals surface area contributed by atoms with E-state index in [2.05, 4.69) is 10.0 Å². The SMILES string of the molecule is Cc1cc(N2CC(CN=[N+]=[N-])CC2=O)cc([N+](=O)[O-])c1. The number of hydrogen-bond donors (Lipinski definition) is 0. The molecule has 0 saturated carbocycles. The van der Waals surface area contributed by atoms with Crippen LogP contribution in [0.4, 0.5) is 11.4 Å². The zero-order valence-corrected chi connectivity index (χ0v) is 10.9. The maximum atomic E-state index is 12.0. The molecule has 2 rings (SSSR count). The van der Waals surface area contributed by atoms with Gasteiger partial charge < -0.3 is 4.90 Å². The van der Waals surface area contributed by atoms with Crippen LogP contribution in [0, 0.1) is 23.0 Å². The van der Waals surface area contributed by atoms with Crippen LogP contribution in [-0.2, 0) is 4.79 Å². The van der Waals surface area contributed by atoms with E-state index < -0.39 is 4.92 Å². The molecule has 0 radical (unpaired) electrons. The Bertz CT molecular complexity index is 609. The summed E-state index contributed by atoms with van der Waals surface area (Å²) in [4.78, 5) is 26.5. The van der Waals surface area contributed by atoms with Gasteiger partial charge in [0.25, 0.3) is 5.69 Å². The van der Waals surface area contributed by atoms with E-state index >= 15 is 0 Å². The Kier molecular flexibility index (Phi) is 3.86. The Morgan fingerprint density at radius 1 is 1.55 bits per heavy atom. The van der Waals surface area contributed by atoms with Gasteiger partial charge in [0.15, 0.2) is 0 Å². The molecule has 1 fully saturated rings. The molecule has 1 heterocycles. The molecule has 0 N–H and O–H groups in total. The van der Waals surface area contributed by atoms with Crippen LogP contribution < -0.4 is 4.90 Å². The van der Waals surface area contributed by atoms with E-state index in [9.17, 15) is 14.9 Å². The first-order chi connectivity index (χ1) is 9.51. The van der Waals surface area contributed by atoms with Gasteiger partial charge >= 0.3 is 0 Å². The molecular formula is C12H13N5O3. The molecule has 8 heteroatoms. The number of nitro groups is 1. The normalized spacial score (nSPS) is 17.9. The van der Waals surface area contributed by atoms with Gasteiger partial charge in [-0.25, -0.2) is 0 Å². The van der Waals surface area contributed by atoms with Crippen molar-refractivity contribution in [1.82, 2.24) is 0 Å². The predicted octanol–water partition coefficient (Wildman–Crippen LogP) is 2.57. The summed E-state index contributed by atoms with van der Waals surface area (Å²) >= 11 is 0. The van der Waals surface area contributed by atoms with Crippen LogP contribution in [0.15, 0.2) is 23.3 Å². The van der Waals surface area contributed by atoms with E-state index in [0.717, 1.165) is 5.56 Å². The van der Waals surface area contributed by atoms with E-state index in [-0.39, 0.29) is 24.1 Å². The van der Waals surface area contributed by atoms with Crippen LogP contribution in [0.1, 0.15) is 12.0 Å². The molecule has 1 saturated heterocycles. The van der Waals surface area contributed by atoms with Crippen molar-refractivity contribution >= 4 is 17.3 Å². The summed E-state index contributed by atoms with van der Waals surface area (Å²) in [6.45, 7) is 2.42. The lowest BCUT2D eigenvalue weighted by Crippen LogP contribution is -2.24. The molecule has 0 spiro atoms. The first-order valence-corrected chi connectivity index (χ1v) is 6.08. The number of hydrogen-bond acceptors (Lipinski definition) is 4. The van der Waals surface area contributed by atoms with Gasteiger partial charge in [0, 0.05) is 36.6 Å². The van der Waals surface area contributed by atoms with Crippen molar-refractivity contribution in [2.75, 3.05) is 18.0 Å². The first-order valence-electron chi connectivity index (χ1n) is 6.08. The summed E-state index contributed by atoms with van der Waals surface area (Å²) in [6, 6.07) is 4.59. The van der Waals surface area contributed by atoms with Gasteiger partial charge in [0.2, 0.25) is 5.91 Å². The molecule has 1 aromatic rings. The van der Waals surface area contributed by atoms with Gasteiger partial charge in [-0.2, -0.15) is 0 Å². The highest BCUT2D eigenvalue weighted by molar-refractivity contribution is 5.96. The molecule has 1 aliphatic rings. The number of nitrogens with zero attached hydrogens (tertiary/aromatic N) is 5. The fourth-order valence-corrected chi connectivity index (χ4v) is 2.31. The van der Waals surface area contributed by atoms with Crippen molar-refractivity contribution in [2.45, 2.75) is 13.3 Å². The van der Waals surface area contributed by atoms with Crippen LogP contribution in [0.3, 0.4) is 0 Å². The summed E-state index contributed by atoms with van der Waals surface area (Å²) in [5, 5.41) is 14.3. The summed E-state index contributed by atoms with van der Waals surface area (Å²) in [7, 11) is 0. The smallest absolute Gasteiger partial charge is 0.271 e. The molecule has 1 aromatic carbocycles. The predicted molar refractivity (Wildman–Crippen MR) is 72.3 cm³/mol. The lowest BCUT2D eigenvalue weighted by atomic mass is 10.1. The van der Waals surface area contributed by atoms with E-state index in [1.165, 1.54) is 17.0 Å². The summed E-state index contributed by atoms with van der Waals surface area (Å²) < 4.78 is 0. The Morgan fingerprint density at radius 2 is 2.30 bits per heavy atom. The molecule has 20 heavy (non-hydrogen) atoms. The van der Waals surface area contributed by atoms with Gasteiger partial charge in [0.05, 0.1) is 10.6 Å². The van der Waals surface area contributed by atoms with Crippen LogP contribution in [-0.4, -0.2) is 23.9 Å². The number of non-ortho nitro benzene ring substituents is 1. The first kappa shape index (κ1) is 13.8. The lowest BCUT2D eigenvalue weighted by molar-refractivity contribution is -0.384. The third-order valence-electron chi connectivity index (χ3n) is 3.18. The average molecular weight is 275 g/mol. The highest BCUT2D eigenvalue weighted by Crippen LogP contribution is 2.29. The van der Waals surface area contributed by atoms with Crippen molar-refractivity contribution in [2.24, 2.45) is 11.0 Å². The second-order valence-electron chi connectivity index (χ2n) is 4.77. The minimum atomic E-state index is -0.478. The number of carbonyl (C=O) groups is 1. The van der Waals surface area contributed by atoms with E-state index in [0.29, 0.717) is 18.7 Å². The minimum Gasteiger partial charge on any atom is -0.312 e. The molecule has 0 bridgehead atoms. The number of carbonyl (C=O) groups excluding carboxylic acids is 1. The summed E-state index contributed by atoms with van der Waals surface area (Å²) in [6.07, 6.45) is 0.292. The molecule has 1 atom stereocenters. The van der Waals surface area contributed by atoms with Crippen molar-refractivity contribution < 1.29 is 9.72 Å². The lowest BCUT2D eigenvalue weighted by Gasteiger charge is -2.16. The second kappa shape index (κ2) is 5.58. The standard InChI is InChI=1S/C12H13N5O3/c1-8-2-10(5-11(3-8)17(19)20)16-7-9(4-12(16)18)6-14-15-13/h2-3,5,9H,4,6-7H2,1H3. The highest BCUT2D eigenvalue weighted by atomic mass is 16.6. The molecule has 104 valence electrons. The Morgan fingerprint density at radius 3 is 2.95 bits per heavy atom. The van der Waals surface area contributed by atoms with Crippen LogP contribution in [0.5, 0.6) is 0 Å². The largest absolute Gasteiger partial charge is 0.312 e. The fraction of sp³-hybridized carbons (Fsp3) is 0.417. The number of nitro benzene ring substituents is 1. The third-order valence-corrected chi connectivity index (χ3v) is 3.18. The number of amides is 1. The summed E-state index contributed by atoms with van der Waals surface area (Å²) in [5.41, 5.74) is 9.50. The molecule has 0 aromatic heterocycles. The molecule has 1 unspecified atom stereocenters. The van der Waals surface area contributed by atoms with Gasteiger partial charge in [-0.15, -0.1) is 0 Å². The maximum absolute atomic E-state index is 12.0. The number of anilines is 1. The topological polar surface area (TPSA) is 112 Å². The maximum Gasteiger partial charge on any atom is 0.271 e. The van der Waals surface area contributed by atoms with Crippen molar-refractivity contribution in [3.8, 4) is 0 Å². The van der Waals surface area contributed by atoms with Crippen LogP contribution >= 0.6 is 0 Å². The van der Waals surface area contributed by atoms with Gasteiger partial charge in [-0.3, -0.25) is 14.9 Å². The Balaban J connectivity index is 2.25. The van der Waals surface area contributed by atoms with Gasteiger partial charge in [0.1, 0.15) is 0 Å². The summed E-state index contributed by atoms with van der Waals surface area (Å²) in [5.74, 6) is -0.152. The average Bonchev–Trinajstić information content (AvgIpc) is 2.77. The molecular weight excluding hydrogens is 262 g/mol. The Labute approximate surface area is 114 Å². The third kappa shape index (κ3) is 2.86. The zero-order valence-electron chi connectivity index (χ0n) is 10.9. The molecule has 1 amide bonds. The van der Waals surface area contributed by atoms with Crippen molar-refractivity contribution in [3.63, 3.8) is 0 Å². The number of rotatable bonds is 4. The van der Waals surface area contributed by atoms with Gasteiger partial charge in [-0.1, -0.05) is 5.11 Å². The monoisotopic (exact) mass is 275 g/mol. The van der Waals surface area contributed by atoms with Crippen LogP contribution in [0.2, 0.25) is 0 Å². The molecule has 8 nitrogen and oxygen atoms in total. The van der Waals surface area contributed by atoms with Crippen molar-refractivity contribution in [3.05, 3.63) is 44.3 Å². The molecule has 0 aliphatic carbocycles. The van der Waals surface area contributed by atoms with E-state index in [1.807, 2.05) is 0 Å². The molecule has 1 aliphatic heterocycles. The van der Waals surface area contributed by atoms with Crippen LogP contribution in [0.25, 0.3) is 10.4 Å². The quantitative estimate of drug-likeness (QED) is 0.276. The van der Waals surface area contributed by atoms with Crippen molar-refractivity contribution in [1.29, 1.82) is 0 Å². The number of azide groups is 1. The van der Waals surface area contributed by atoms with Gasteiger partial charge in [-0.05, 0) is 30.0 Å². The fourth-order valence-electron chi connectivity index (χ4n) is 2.31. The highest BCUT2D eigenvalue weighted by Gasteiger charge is 2.30. The number of aryl methyl sites for hydroxylation is 1. The van der Waals surface area contributed by atoms with E-state index in [4.69, 9.17) is 5.53 Å². The number of benzene rings is 1. The zero-order chi connectivity index (χ0) is 14.7.